The van der Waals surface area contributed by atoms with Gasteiger partial charge in [0.2, 0.25) is 0 Å². The molecular weight excluding hydrogens is 289 g/mol. The number of rotatable bonds is 1. The fraction of sp³-hybridized carbons (Fsp3) is 0.235. The van der Waals surface area contributed by atoms with E-state index in [4.69, 9.17) is 11.6 Å². The van der Waals surface area contributed by atoms with Crippen molar-refractivity contribution in [3.05, 3.63) is 68.5 Å². The molecule has 0 saturated heterocycles. The molecular formula is C17H15ClFNO. The van der Waals surface area contributed by atoms with Crippen LogP contribution in [0.1, 0.15) is 44.2 Å². The Balaban J connectivity index is 2.26. The van der Waals surface area contributed by atoms with Crippen molar-refractivity contribution in [2.24, 2.45) is 0 Å². The molecule has 0 spiro atoms. The molecule has 1 aliphatic rings. The quantitative estimate of drug-likeness (QED) is 0.839. The number of nitrogens with one attached hydrogen (secondary N) is 1. The lowest BCUT2D eigenvalue weighted by atomic mass is 9.89. The monoisotopic (exact) mass is 303 g/mol. The molecule has 0 saturated carbocycles. The van der Waals surface area contributed by atoms with Crippen molar-refractivity contribution in [1.82, 2.24) is 5.32 Å². The predicted octanol–water partition coefficient (Wildman–Crippen LogP) is 4.24. The summed E-state index contributed by atoms with van der Waals surface area (Å²) in [7, 11) is 0. The molecule has 2 nitrogen and oxygen atoms in total. The highest BCUT2D eigenvalue weighted by molar-refractivity contribution is 6.31. The molecule has 0 aromatic heterocycles. The summed E-state index contributed by atoms with van der Waals surface area (Å²) < 4.78 is 13.5. The molecule has 1 amide bonds. The van der Waals surface area contributed by atoms with Gasteiger partial charge in [0.25, 0.3) is 5.91 Å². The molecule has 0 aliphatic carbocycles. The van der Waals surface area contributed by atoms with Crippen molar-refractivity contribution >= 4 is 17.5 Å². The Labute approximate surface area is 127 Å². The number of hydrogen-bond acceptors (Lipinski definition) is 1. The summed E-state index contributed by atoms with van der Waals surface area (Å²) in [6.45, 7) is 5.88. The smallest absolute Gasteiger partial charge is 0.252 e. The molecule has 4 heteroatoms. The van der Waals surface area contributed by atoms with Gasteiger partial charge in [-0.25, -0.2) is 4.39 Å². The fourth-order valence-electron chi connectivity index (χ4n) is 3.02. The Morgan fingerprint density at radius 1 is 1.14 bits per heavy atom. The zero-order valence-corrected chi connectivity index (χ0v) is 12.8. The molecule has 0 radical (unpaired) electrons. The van der Waals surface area contributed by atoms with Gasteiger partial charge < -0.3 is 5.32 Å². The standard InChI is InChI=1S/C17H15ClFNO/c1-8-6-9(2)14-15(10(8)3)17(21)20-16(14)12-7-11(19)4-5-13(12)18/h4-7,16H,1-3H3,(H,20,21)/t16-/m1/s1. The molecule has 1 aliphatic heterocycles. The predicted molar refractivity (Wildman–Crippen MR) is 81.4 cm³/mol. The third-order valence-corrected chi connectivity index (χ3v) is 4.50. The summed E-state index contributed by atoms with van der Waals surface area (Å²) >= 11 is 6.20. The van der Waals surface area contributed by atoms with Gasteiger partial charge in [-0.05, 0) is 61.2 Å². The van der Waals surface area contributed by atoms with Gasteiger partial charge >= 0.3 is 0 Å². The molecule has 0 fully saturated rings. The Morgan fingerprint density at radius 3 is 2.57 bits per heavy atom. The third-order valence-electron chi connectivity index (χ3n) is 4.15. The van der Waals surface area contributed by atoms with Crippen molar-refractivity contribution in [3.8, 4) is 0 Å². The maximum atomic E-state index is 13.5. The van der Waals surface area contributed by atoms with Gasteiger partial charge in [0.1, 0.15) is 5.82 Å². The van der Waals surface area contributed by atoms with E-state index in [-0.39, 0.29) is 11.7 Å². The zero-order chi connectivity index (χ0) is 15.3. The van der Waals surface area contributed by atoms with Crippen molar-refractivity contribution < 1.29 is 9.18 Å². The van der Waals surface area contributed by atoms with Gasteiger partial charge in [0.05, 0.1) is 6.04 Å². The Bertz CT molecular complexity index is 770. The van der Waals surface area contributed by atoms with Gasteiger partial charge in [0.15, 0.2) is 0 Å². The lowest BCUT2D eigenvalue weighted by molar-refractivity contribution is 0.0960. The minimum Gasteiger partial charge on any atom is -0.341 e. The highest BCUT2D eigenvalue weighted by Gasteiger charge is 2.34. The van der Waals surface area contributed by atoms with Crippen LogP contribution in [0.15, 0.2) is 24.3 Å². The highest BCUT2D eigenvalue weighted by Crippen LogP contribution is 2.38. The lowest BCUT2D eigenvalue weighted by Crippen LogP contribution is -2.20. The van der Waals surface area contributed by atoms with Crippen LogP contribution >= 0.6 is 11.6 Å². The summed E-state index contributed by atoms with van der Waals surface area (Å²) in [6, 6.07) is 5.88. The van der Waals surface area contributed by atoms with Gasteiger partial charge in [-0.3, -0.25) is 4.79 Å². The molecule has 2 aromatic rings. The Kier molecular flexibility index (Phi) is 3.25. The maximum absolute atomic E-state index is 13.5. The number of hydrogen-bond donors (Lipinski definition) is 1. The number of amides is 1. The second-order valence-electron chi connectivity index (χ2n) is 5.50. The number of benzene rings is 2. The lowest BCUT2D eigenvalue weighted by Gasteiger charge is -2.17. The summed E-state index contributed by atoms with van der Waals surface area (Å²) in [5, 5.41) is 3.37. The van der Waals surface area contributed by atoms with E-state index < -0.39 is 6.04 Å². The van der Waals surface area contributed by atoms with Crippen LogP contribution in [0, 0.1) is 26.6 Å². The van der Waals surface area contributed by atoms with Crippen LogP contribution in [0.3, 0.4) is 0 Å². The average Bonchev–Trinajstić information content (AvgIpc) is 2.77. The topological polar surface area (TPSA) is 29.1 Å². The second kappa shape index (κ2) is 4.85. The van der Waals surface area contributed by atoms with E-state index >= 15 is 0 Å². The van der Waals surface area contributed by atoms with Crippen LogP contribution in [-0.4, -0.2) is 5.91 Å². The van der Waals surface area contributed by atoms with Crippen LogP contribution in [-0.2, 0) is 0 Å². The van der Waals surface area contributed by atoms with E-state index in [0.717, 1.165) is 22.3 Å². The maximum Gasteiger partial charge on any atom is 0.252 e. The number of carbonyl (C=O) groups excluding carboxylic acids is 1. The first-order valence-electron chi connectivity index (χ1n) is 6.76. The largest absolute Gasteiger partial charge is 0.341 e. The molecule has 0 bridgehead atoms. The first-order chi connectivity index (χ1) is 9.90. The van der Waals surface area contributed by atoms with Crippen molar-refractivity contribution in [2.75, 3.05) is 0 Å². The molecule has 108 valence electrons. The van der Waals surface area contributed by atoms with Gasteiger partial charge in [-0.2, -0.15) is 0 Å². The van der Waals surface area contributed by atoms with E-state index in [1.807, 2.05) is 20.8 Å². The first kappa shape index (κ1) is 14.1. The van der Waals surface area contributed by atoms with E-state index in [1.165, 1.54) is 18.2 Å². The van der Waals surface area contributed by atoms with Crippen molar-refractivity contribution in [3.63, 3.8) is 0 Å². The number of halogens is 2. The van der Waals surface area contributed by atoms with Crippen molar-refractivity contribution in [1.29, 1.82) is 0 Å². The van der Waals surface area contributed by atoms with E-state index in [0.29, 0.717) is 16.1 Å². The molecule has 2 aromatic carbocycles. The van der Waals surface area contributed by atoms with E-state index in [2.05, 4.69) is 11.4 Å². The van der Waals surface area contributed by atoms with Crippen LogP contribution in [0.2, 0.25) is 5.02 Å². The molecule has 1 atom stereocenters. The number of fused-ring (bicyclic) bond motifs is 1. The Hall–Kier alpha value is -1.87. The SMILES string of the molecule is Cc1cc(C)c2c(c1C)C(=O)N[C@@H]2c1cc(F)ccc1Cl. The molecule has 1 heterocycles. The van der Waals surface area contributed by atoms with Crippen LogP contribution in [0.4, 0.5) is 4.39 Å². The second-order valence-corrected chi connectivity index (χ2v) is 5.90. The molecule has 3 rings (SSSR count). The van der Waals surface area contributed by atoms with Crippen molar-refractivity contribution in [2.45, 2.75) is 26.8 Å². The van der Waals surface area contributed by atoms with Crippen LogP contribution in [0.5, 0.6) is 0 Å². The minimum atomic E-state index is -0.394. The normalized spacial score (nSPS) is 16.8. The molecule has 21 heavy (non-hydrogen) atoms. The Morgan fingerprint density at radius 2 is 1.86 bits per heavy atom. The summed E-state index contributed by atoms with van der Waals surface area (Å²) in [5.74, 6) is -0.488. The molecule has 0 unspecified atom stereocenters. The third kappa shape index (κ3) is 2.12. The summed E-state index contributed by atoms with van der Waals surface area (Å²) in [5.41, 5.74) is 5.23. The minimum absolute atomic E-state index is 0.125. The van der Waals surface area contributed by atoms with Gasteiger partial charge in [-0.1, -0.05) is 17.7 Å². The average molecular weight is 304 g/mol. The van der Waals surface area contributed by atoms with E-state index in [1.54, 1.807) is 0 Å². The molecule has 1 N–H and O–H groups in total. The fourth-order valence-corrected chi connectivity index (χ4v) is 3.24. The number of aryl methyl sites for hydroxylation is 2. The first-order valence-corrected chi connectivity index (χ1v) is 7.14. The van der Waals surface area contributed by atoms with Gasteiger partial charge in [0, 0.05) is 16.1 Å². The van der Waals surface area contributed by atoms with Crippen LogP contribution in [0.25, 0.3) is 0 Å². The number of carbonyl (C=O) groups is 1. The summed E-state index contributed by atoms with van der Waals surface area (Å²) in [4.78, 5) is 12.3. The van der Waals surface area contributed by atoms with Crippen LogP contribution < -0.4 is 5.32 Å². The zero-order valence-electron chi connectivity index (χ0n) is 12.1. The summed E-state index contributed by atoms with van der Waals surface area (Å²) in [6.07, 6.45) is 0. The van der Waals surface area contributed by atoms with E-state index in [9.17, 15) is 9.18 Å². The van der Waals surface area contributed by atoms with Gasteiger partial charge in [-0.15, -0.1) is 0 Å². The highest BCUT2D eigenvalue weighted by atomic mass is 35.5.